The summed E-state index contributed by atoms with van der Waals surface area (Å²) in [7, 11) is 0. The largest absolute Gasteiger partial charge is 0.491 e. The second kappa shape index (κ2) is 11.3. The van der Waals surface area contributed by atoms with E-state index in [0.717, 1.165) is 12.8 Å². The standard InChI is InChI=1S/C20H28FN3O4.ClH/c21-15-3-5-17(6-4-15)27-13-18-12-24(20(26)14-28-18)16-7-10-23(11-8-16)19(25)2-1-9-22;/h3-6,16,18H,1-2,7-14,22H2;1H. The van der Waals surface area contributed by atoms with Crippen LogP contribution < -0.4 is 10.5 Å². The SMILES string of the molecule is Cl.NCCCC(=O)N1CCC(N2CC(COc3ccc(F)cc3)OCC2=O)CC1. The van der Waals surface area contributed by atoms with Crippen LogP contribution in [-0.2, 0) is 14.3 Å². The highest BCUT2D eigenvalue weighted by atomic mass is 35.5. The summed E-state index contributed by atoms with van der Waals surface area (Å²) >= 11 is 0. The van der Waals surface area contributed by atoms with Crippen LogP contribution in [0.2, 0.25) is 0 Å². The Morgan fingerprint density at radius 3 is 2.59 bits per heavy atom. The van der Waals surface area contributed by atoms with E-state index in [0.29, 0.717) is 51.4 Å². The van der Waals surface area contributed by atoms with Crippen LogP contribution >= 0.6 is 12.4 Å². The number of carbonyl (C=O) groups is 2. The van der Waals surface area contributed by atoms with Gasteiger partial charge in [0.15, 0.2) is 0 Å². The molecule has 29 heavy (non-hydrogen) atoms. The van der Waals surface area contributed by atoms with Gasteiger partial charge in [0.25, 0.3) is 0 Å². The van der Waals surface area contributed by atoms with E-state index in [1.165, 1.54) is 12.1 Å². The lowest BCUT2D eigenvalue weighted by Gasteiger charge is -2.42. The molecule has 0 spiro atoms. The Morgan fingerprint density at radius 2 is 1.93 bits per heavy atom. The fraction of sp³-hybridized carbons (Fsp3) is 0.600. The van der Waals surface area contributed by atoms with Crippen molar-refractivity contribution < 1.29 is 23.5 Å². The highest BCUT2D eigenvalue weighted by Gasteiger charge is 2.34. The lowest BCUT2D eigenvalue weighted by atomic mass is 10.0. The van der Waals surface area contributed by atoms with Gasteiger partial charge in [0, 0.05) is 25.6 Å². The summed E-state index contributed by atoms with van der Waals surface area (Å²) < 4.78 is 24.2. The van der Waals surface area contributed by atoms with Crippen molar-refractivity contribution in [1.29, 1.82) is 0 Å². The molecule has 1 atom stereocenters. The van der Waals surface area contributed by atoms with Gasteiger partial charge in [-0.25, -0.2) is 4.39 Å². The molecule has 0 aromatic heterocycles. The molecular weight excluding hydrogens is 401 g/mol. The number of amides is 2. The first kappa shape index (κ1) is 23.4. The van der Waals surface area contributed by atoms with Crippen LogP contribution in [0.5, 0.6) is 5.75 Å². The molecule has 0 saturated carbocycles. The van der Waals surface area contributed by atoms with Crippen molar-refractivity contribution in [3.05, 3.63) is 30.1 Å². The normalized spacial score (nSPS) is 20.3. The minimum absolute atomic E-state index is 0. The number of ether oxygens (including phenoxy) is 2. The van der Waals surface area contributed by atoms with Crippen LogP contribution in [0.25, 0.3) is 0 Å². The number of piperidine rings is 1. The Morgan fingerprint density at radius 1 is 1.24 bits per heavy atom. The molecule has 9 heteroatoms. The van der Waals surface area contributed by atoms with Gasteiger partial charge in [0.2, 0.25) is 11.8 Å². The number of carbonyl (C=O) groups excluding carboxylic acids is 2. The Labute approximate surface area is 176 Å². The van der Waals surface area contributed by atoms with E-state index in [1.54, 1.807) is 12.1 Å². The third-order valence-corrected chi connectivity index (χ3v) is 5.27. The average molecular weight is 430 g/mol. The highest BCUT2D eigenvalue weighted by Crippen LogP contribution is 2.21. The smallest absolute Gasteiger partial charge is 0.248 e. The summed E-state index contributed by atoms with van der Waals surface area (Å²) in [6.45, 7) is 2.64. The predicted molar refractivity (Wildman–Crippen MR) is 108 cm³/mol. The number of hydrogen-bond acceptors (Lipinski definition) is 5. The second-order valence-electron chi connectivity index (χ2n) is 7.25. The molecule has 7 nitrogen and oxygen atoms in total. The number of likely N-dealkylation sites (tertiary alicyclic amines) is 1. The maximum Gasteiger partial charge on any atom is 0.248 e. The molecule has 1 aromatic rings. The lowest BCUT2D eigenvalue weighted by molar-refractivity contribution is -0.155. The van der Waals surface area contributed by atoms with Crippen molar-refractivity contribution >= 4 is 24.2 Å². The van der Waals surface area contributed by atoms with Crippen LogP contribution in [0.15, 0.2) is 24.3 Å². The zero-order valence-electron chi connectivity index (χ0n) is 16.4. The molecule has 2 amide bonds. The van der Waals surface area contributed by atoms with Gasteiger partial charge >= 0.3 is 0 Å². The Balaban J connectivity index is 0.00000300. The zero-order chi connectivity index (χ0) is 19.9. The molecule has 2 fully saturated rings. The van der Waals surface area contributed by atoms with Gasteiger partial charge in [0.05, 0.1) is 6.54 Å². The van der Waals surface area contributed by atoms with Gasteiger partial charge in [-0.2, -0.15) is 0 Å². The van der Waals surface area contributed by atoms with Crippen LogP contribution in [0.4, 0.5) is 4.39 Å². The molecular formula is C20H29ClFN3O4. The number of hydrogen-bond donors (Lipinski definition) is 1. The second-order valence-corrected chi connectivity index (χ2v) is 7.25. The van der Waals surface area contributed by atoms with Crippen LogP contribution in [-0.4, -0.2) is 73.2 Å². The summed E-state index contributed by atoms with van der Waals surface area (Å²) in [5.74, 6) is 0.373. The Hall–Kier alpha value is -1.90. The lowest BCUT2D eigenvalue weighted by Crippen LogP contribution is -2.55. The zero-order valence-corrected chi connectivity index (χ0v) is 17.2. The summed E-state index contributed by atoms with van der Waals surface area (Å²) in [5, 5.41) is 0. The fourth-order valence-electron chi connectivity index (χ4n) is 3.66. The minimum Gasteiger partial charge on any atom is -0.491 e. The molecule has 2 N–H and O–H groups in total. The molecule has 0 bridgehead atoms. The summed E-state index contributed by atoms with van der Waals surface area (Å²) in [6.07, 6.45) is 2.50. The maximum absolute atomic E-state index is 13.0. The molecule has 0 radical (unpaired) electrons. The summed E-state index contributed by atoms with van der Waals surface area (Å²) in [4.78, 5) is 28.2. The van der Waals surface area contributed by atoms with E-state index in [4.69, 9.17) is 15.2 Å². The van der Waals surface area contributed by atoms with E-state index in [9.17, 15) is 14.0 Å². The van der Waals surface area contributed by atoms with Gasteiger partial charge in [-0.15, -0.1) is 12.4 Å². The molecule has 1 aromatic carbocycles. The molecule has 2 heterocycles. The molecule has 2 aliphatic rings. The first-order valence-corrected chi connectivity index (χ1v) is 9.84. The van der Waals surface area contributed by atoms with Crippen molar-refractivity contribution in [2.75, 3.05) is 39.4 Å². The first-order chi connectivity index (χ1) is 13.6. The third-order valence-electron chi connectivity index (χ3n) is 5.27. The van der Waals surface area contributed by atoms with Crippen LogP contribution in [0.3, 0.4) is 0 Å². The van der Waals surface area contributed by atoms with Gasteiger partial charge in [0.1, 0.15) is 30.9 Å². The first-order valence-electron chi connectivity index (χ1n) is 9.84. The van der Waals surface area contributed by atoms with Crippen molar-refractivity contribution in [2.45, 2.75) is 37.8 Å². The van der Waals surface area contributed by atoms with Crippen molar-refractivity contribution in [2.24, 2.45) is 5.73 Å². The summed E-state index contributed by atoms with van der Waals surface area (Å²) in [6, 6.07) is 5.94. The van der Waals surface area contributed by atoms with E-state index < -0.39 is 0 Å². The molecule has 3 rings (SSSR count). The number of rotatable bonds is 7. The molecule has 0 aliphatic carbocycles. The van der Waals surface area contributed by atoms with E-state index in [1.807, 2.05) is 9.80 Å². The topological polar surface area (TPSA) is 85.1 Å². The molecule has 1 unspecified atom stereocenters. The average Bonchev–Trinajstić information content (AvgIpc) is 2.72. The van der Waals surface area contributed by atoms with Gasteiger partial charge in [-0.05, 0) is 50.1 Å². The van der Waals surface area contributed by atoms with Crippen LogP contribution in [0, 0.1) is 5.82 Å². The predicted octanol–water partition coefficient (Wildman–Crippen LogP) is 1.58. The Kier molecular flexibility index (Phi) is 9.13. The van der Waals surface area contributed by atoms with Crippen molar-refractivity contribution in [3.63, 3.8) is 0 Å². The van der Waals surface area contributed by atoms with E-state index >= 15 is 0 Å². The number of nitrogens with two attached hydrogens (primary N) is 1. The number of benzene rings is 1. The molecule has 2 aliphatic heterocycles. The van der Waals surface area contributed by atoms with E-state index in [2.05, 4.69) is 0 Å². The number of nitrogens with zero attached hydrogens (tertiary/aromatic N) is 2. The van der Waals surface area contributed by atoms with Gasteiger partial charge in [-0.1, -0.05) is 0 Å². The Bertz CT molecular complexity index is 668. The fourth-order valence-corrected chi connectivity index (χ4v) is 3.66. The monoisotopic (exact) mass is 429 g/mol. The molecule has 2 saturated heterocycles. The maximum atomic E-state index is 13.0. The number of morpholine rings is 1. The van der Waals surface area contributed by atoms with Crippen LogP contribution in [0.1, 0.15) is 25.7 Å². The van der Waals surface area contributed by atoms with Crippen molar-refractivity contribution in [1.82, 2.24) is 9.80 Å². The summed E-state index contributed by atoms with van der Waals surface area (Å²) in [5.41, 5.74) is 5.47. The van der Waals surface area contributed by atoms with Crippen molar-refractivity contribution in [3.8, 4) is 5.75 Å². The molecule has 162 valence electrons. The van der Waals surface area contributed by atoms with Gasteiger partial charge < -0.3 is 25.0 Å². The minimum atomic E-state index is -0.314. The quantitative estimate of drug-likeness (QED) is 0.711. The van der Waals surface area contributed by atoms with E-state index in [-0.39, 0.29) is 48.8 Å². The van der Waals surface area contributed by atoms with Gasteiger partial charge in [-0.3, -0.25) is 9.59 Å². The number of halogens is 2. The third kappa shape index (κ3) is 6.55. The highest BCUT2D eigenvalue weighted by molar-refractivity contribution is 5.85.